The normalized spacial score (nSPS) is 30.2. The van der Waals surface area contributed by atoms with E-state index in [1.54, 1.807) is 6.33 Å². The van der Waals surface area contributed by atoms with Gasteiger partial charge in [0.2, 0.25) is 0 Å². The van der Waals surface area contributed by atoms with Crippen molar-refractivity contribution in [3.8, 4) is 0 Å². The van der Waals surface area contributed by atoms with E-state index >= 15 is 0 Å². The Morgan fingerprint density at radius 3 is 2.84 bits per heavy atom. The zero-order chi connectivity index (χ0) is 13.6. The van der Waals surface area contributed by atoms with Crippen molar-refractivity contribution in [1.29, 1.82) is 0 Å². The van der Waals surface area contributed by atoms with Crippen molar-refractivity contribution in [2.24, 2.45) is 11.8 Å². The Balaban J connectivity index is 1.92. The molecule has 0 aromatic carbocycles. The highest BCUT2D eigenvalue weighted by molar-refractivity contribution is 5.52. The van der Waals surface area contributed by atoms with Crippen LogP contribution in [0.1, 0.15) is 38.4 Å². The zero-order valence-electron chi connectivity index (χ0n) is 12.1. The van der Waals surface area contributed by atoms with Crippen LogP contribution < -0.4 is 4.90 Å². The van der Waals surface area contributed by atoms with Crippen LogP contribution in [0.25, 0.3) is 0 Å². The Kier molecular flexibility index (Phi) is 3.01. The van der Waals surface area contributed by atoms with E-state index in [9.17, 15) is 5.11 Å². The molecule has 0 saturated carbocycles. The lowest BCUT2D eigenvalue weighted by Crippen LogP contribution is -2.42. The average molecular weight is 261 g/mol. The monoisotopic (exact) mass is 261 g/mol. The third-order valence-corrected chi connectivity index (χ3v) is 4.94. The number of fused-ring (bicyclic) bond motifs is 1. The van der Waals surface area contributed by atoms with Crippen LogP contribution in [0.3, 0.4) is 0 Å². The maximum Gasteiger partial charge on any atom is 0.135 e. The number of anilines is 1. The van der Waals surface area contributed by atoms with Crippen LogP contribution in [0, 0.1) is 11.8 Å². The van der Waals surface area contributed by atoms with E-state index in [4.69, 9.17) is 0 Å². The molecule has 19 heavy (non-hydrogen) atoms. The summed E-state index contributed by atoms with van der Waals surface area (Å²) >= 11 is 0. The van der Waals surface area contributed by atoms with Crippen molar-refractivity contribution in [1.82, 2.24) is 9.97 Å². The van der Waals surface area contributed by atoms with Gasteiger partial charge in [0.25, 0.3) is 0 Å². The van der Waals surface area contributed by atoms with Crippen LogP contribution in [0.2, 0.25) is 0 Å². The molecule has 1 aliphatic heterocycles. The lowest BCUT2D eigenvalue weighted by molar-refractivity contribution is -0.0187. The van der Waals surface area contributed by atoms with Gasteiger partial charge < -0.3 is 10.0 Å². The summed E-state index contributed by atoms with van der Waals surface area (Å²) < 4.78 is 0. The molecular weight excluding hydrogens is 238 g/mol. The molecule has 2 aliphatic rings. The van der Waals surface area contributed by atoms with Crippen LogP contribution in [-0.2, 0) is 12.8 Å². The number of rotatable bonds is 2. The number of hydrogen-bond donors (Lipinski definition) is 1. The Morgan fingerprint density at radius 1 is 1.37 bits per heavy atom. The number of aromatic nitrogens is 2. The SMILES string of the molecule is CC(C)[C@@]1(O)CN(c2ncnc3c2CCC3)C[C@@H]1C. The van der Waals surface area contributed by atoms with Gasteiger partial charge in [-0.15, -0.1) is 0 Å². The van der Waals surface area contributed by atoms with E-state index in [2.05, 4.69) is 35.6 Å². The number of aryl methyl sites for hydroxylation is 1. The van der Waals surface area contributed by atoms with Gasteiger partial charge in [0.1, 0.15) is 12.1 Å². The van der Waals surface area contributed by atoms with E-state index in [-0.39, 0.29) is 11.8 Å². The average Bonchev–Trinajstić information content (AvgIpc) is 2.95. The van der Waals surface area contributed by atoms with Crippen molar-refractivity contribution in [2.45, 2.75) is 45.6 Å². The lowest BCUT2D eigenvalue weighted by atomic mass is 9.82. The van der Waals surface area contributed by atoms with Gasteiger partial charge in [-0.05, 0) is 25.2 Å². The molecule has 2 atom stereocenters. The van der Waals surface area contributed by atoms with Crippen molar-refractivity contribution in [3.05, 3.63) is 17.6 Å². The molecule has 3 rings (SSSR count). The second kappa shape index (κ2) is 4.44. The first kappa shape index (κ1) is 12.9. The Labute approximate surface area is 114 Å². The summed E-state index contributed by atoms with van der Waals surface area (Å²) in [7, 11) is 0. The molecule has 0 spiro atoms. The van der Waals surface area contributed by atoms with Gasteiger partial charge in [0.05, 0.1) is 5.60 Å². The molecule has 0 amide bonds. The Bertz CT molecular complexity index is 488. The summed E-state index contributed by atoms with van der Waals surface area (Å²) in [6, 6.07) is 0. The van der Waals surface area contributed by atoms with Gasteiger partial charge in [0, 0.05) is 30.3 Å². The first-order valence-corrected chi connectivity index (χ1v) is 7.32. The molecule has 1 fully saturated rings. The molecule has 0 radical (unpaired) electrons. The van der Waals surface area contributed by atoms with E-state index in [1.807, 2.05) is 0 Å². The summed E-state index contributed by atoms with van der Waals surface area (Å²) in [6.07, 6.45) is 5.01. The molecule has 1 aromatic rings. The van der Waals surface area contributed by atoms with Crippen LogP contribution in [0.4, 0.5) is 5.82 Å². The van der Waals surface area contributed by atoms with Crippen molar-refractivity contribution in [3.63, 3.8) is 0 Å². The van der Waals surface area contributed by atoms with Gasteiger partial charge in [-0.25, -0.2) is 9.97 Å². The van der Waals surface area contributed by atoms with Gasteiger partial charge in [0.15, 0.2) is 0 Å². The first-order chi connectivity index (χ1) is 9.02. The van der Waals surface area contributed by atoms with Crippen LogP contribution in [0.5, 0.6) is 0 Å². The summed E-state index contributed by atoms with van der Waals surface area (Å²) in [5, 5.41) is 10.8. The number of hydrogen-bond acceptors (Lipinski definition) is 4. The summed E-state index contributed by atoms with van der Waals surface area (Å²) in [4.78, 5) is 11.1. The molecule has 4 heteroatoms. The topological polar surface area (TPSA) is 49.2 Å². The molecule has 1 aliphatic carbocycles. The maximum atomic E-state index is 10.8. The molecule has 0 unspecified atom stereocenters. The quantitative estimate of drug-likeness (QED) is 0.882. The fourth-order valence-electron chi connectivity index (χ4n) is 3.54. The predicted octanol–water partition coefficient (Wildman–Crippen LogP) is 1.81. The van der Waals surface area contributed by atoms with E-state index in [0.717, 1.165) is 25.2 Å². The second-order valence-electron chi connectivity index (χ2n) is 6.40. The van der Waals surface area contributed by atoms with Crippen molar-refractivity contribution >= 4 is 5.82 Å². The highest BCUT2D eigenvalue weighted by Crippen LogP contribution is 2.38. The smallest absolute Gasteiger partial charge is 0.135 e. The molecule has 0 bridgehead atoms. The molecule has 104 valence electrons. The number of aliphatic hydroxyl groups is 1. The third-order valence-electron chi connectivity index (χ3n) is 4.94. The van der Waals surface area contributed by atoms with E-state index in [0.29, 0.717) is 6.54 Å². The second-order valence-corrected chi connectivity index (χ2v) is 6.40. The molecule has 1 saturated heterocycles. The van der Waals surface area contributed by atoms with Crippen molar-refractivity contribution < 1.29 is 5.11 Å². The molecular formula is C15H23N3O. The largest absolute Gasteiger partial charge is 0.387 e. The minimum atomic E-state index is -0.601. The van der Waals surface area contributed by atoms with Crippen LogP contribution >= 0.6 is 0 Å². The summed E-state index contributed by atoms with van der Waals surface area (Å²) in [5.74, 6) is 1.60. The Morgan fingerprint density at radius 2 is 2.16 bits per heavy atom. The summed E-state index contributed by atoms with van der Waals surface area (Å²) in [5.41, 5.74) is 1.91. The van der Waals surface area contributed by atoms with Crippen LogP contribution in [0.15, 0.2) is 6.33 Å². The highest BCUT2D eigenvalue weighted by atomic mass is 16.3. The van der Waals surface area contributed by atoms with E-state index < -0.39 is 5.60 Å². The fourth-order valence-corrected chi connectivity index (χ4v) is 3.54. The zero-order valence-corrected chi connectivity index (χ0v) is 12.1. The maximum absolute atomic E-state index is 10.8. The summed E-state index contributed by atoms with van der Waals surface area (Å²) in [6.45, 7) is 7.92. The number of nitrogens with zero attached hydrogens (tertiary/aromatic N) is 3. The van der Waals surface area contributed by atoms with Gasteiger partial charge in [-0.3, -0.25) is 0 Å². The minimum absolute atomic E-state index is 0.266. The molecule has 1 N–H and O–H groups in total. The molecule has 2 heterocycles. The van der Waals surface area contributed by atoms with E-state index in [1.165, 1.54) is 17.7 Å². The third kappa shape index (κ3) is 1.93. The first-order valence-electron chi connectivity index (χ1n) is 7.32. The molecule has 4 nitrogen and oxygen atoms in total. The minimum Gasteiger partial charge on any atom is -0.387 e. The standard InChI is InChI=1S/C15H23N3O/c1-10(2)15(19)8-18(7-11(15)3)14-12-5-4-6-13(12)16-9-17-14/h9-11,19H,4-8H2,1-3H3/t11-,15-/m0/s1. The van der Waals surface area contributed by atoms with Gasteiger partial charge in [-0.2, -0.15) is 0 Å². The lowest BCUT2D eigenvalue weighted by Gasteiger charge is -2.31. The predicted molar refractivity (Wildman–Crippen MR) is 75.2 cm³/mol. The van der Waals surface area contributed by atoms with Gasteiger partial charge in [-0.1, -0.05) is 20.8 Å². The van der Waals surface area contributed by atoms with Crippen molar-refractivity contribution in [2.75, 3.05) is 18.0 Å². The number of β-amino-alcohol motifs (C(OH)–C–C–N with tert-alkyl or cyclic N) is 1. The van der Waals surface area contributed by atoms with Gasteiger partial charge >= 0.3 is 0 Å². The Hall–Kier alpha value is -1.16. The highest BCUT2D eigenvalue weighted by Gasteiger charge is 2.45. The fraction of sp³-hybridized carbons (Fsp3) is 0.733. The molecule has 1 aromatic heterocycles. The van der Waals surface area contributed by atoms with Crippen LogP contribution in [-0.4, -0.2) is 33.8 Å².